The minimum Gasteiger partial charge on any atom is -0.423 e. The Bertz CT molecular complexity index is 860. The molecule has 110 valence electrons. The van der Waals surface area contributed by atoms with Crippen molar-refractivity contribution in [3.63, 3.8) is 0 Å². The van der Waals surface area contributed by atoms with E-state index < -0.39 is 0 Å². The molecule has 0 radical (unpaired) electrons. The Morgan fingerprint density at radius 2 is 1.77 bits per heavy atom. The number of carbonyl (C=O) groups excluding carboxylic acids is 1. The molecule has 0 saturated carbocycles. The molecule has 0 bridgehead atoms. The third kappa shape index (κ3) is 3.32. The summed E-state index contributed by atoms with van der Waals surface area (Å²) in [6.07, 6.45) is 0. The van der Waals surface area contributed by atoms with E-state index >= 15 is 0 Å². The van der Waals surface area contributed by atoms with Gasteiger partial charge < -0.3 is 4.74 Å². The van der Waals surface area contributed by atoms with Gasteiger partial charge in [-0.15, -0.1) is 0 Å². The Hall–Kier alpha value is -1.82. The van der Waals surface area contributed by atoms with E-state index in [0.29, 0.717) is 11.3 Å². The Labute approximate surface area is 141 Å². The van der Waals surface area contributed by atoms with Crippen LogP contribution >= 0.6 is 32.9 Å². The predicted molar refractivity (Wildman–Crippen MR) is 94.6 cm³/mol. The molecule has 0 aliphatic heterocycles. The summed E-state index contributed by atoms with van der Waals surface area (Å²) in [4.78, 5) is 13.3. The van der Waals surface area contributed by atoms with Crippen LogP contribution in [0.25, 0.3) is 10.4 Å². The number of rotatable bonds is 3. The van der Waals surface area contributed by atoms with Crippen LogP contribution in [0.2, 0.25) is 0 Å². The molecule has 2 nitrogen and oxygen atoms in total. The van der Waals surface area contributed by atoms with E-state index in [1.807, 2.05) is 43.3 Å². The van der Waals surface area contributed by atoms with Crippen molar-refractivity contribution >= 4 is 38.9 Å². The second-order valence-electron chi connectivity index (χ2n) is 4.72. The highest BCUT2D eigenvalue weighted by Gasteiger charge is 2.11. The predicted octanol–water partition coefficient (Wildman–Crippen LogP) is 5.73. The van der Waals surface area contributed by atoms with Crippen molar-refractivity contribution in [1.29, 1.82) is 0 Å². The largest absolute Gasteiger partial charge is 0.423 e. The van der Waals surface area contributed by atoms with E-state index in [2.05, 4.69) is 0 Å². The first-order valence-corrected chi connectivity index (χ1v) is 9.18. The monoisotopic (exact) mass is 344 g/mol. The average molecular weight is 344 g/mol. The summed E-state index contributed by atoms with van der Waals surface area (Å²) in [5.74, 6) is 0.202. The summed E-state index contributed by atoms with van der Waals surface area (Å²) < 4.78 is 6.31. The summed E-state index contributed by atoms with van der Waals surface area (Å²) in [6.45, 7) is 1.89. The molecule has 0 saturated heterocycles. The highest BCUT2D eigenvalue weighted by atomic mass is 32.9. The lowest BCUT2D eigenvalue weighted by atomic mass is 10.1. The summed E-state index contributed by atoms with van der Waals surface area (Å²) in [5.41, 5.74) is 2.57. The zero-order chi connectivity index (χ0) is 15.5. The minimum atomic E-state index is -0.336. The quantitative estimate of drug-likeness (QED) is 0.262. The molecular weight excluding hydrogens is 332 g/mol. The molecule has 0 atom stereocenters. The smallest absolute Gasteiger partial charge is 0.343 e. The number of hydrogen-bond donors (Lipinski definition) is 0. The topological polar surface area (TPSA) is 26.3 Å². The second-order valence-corrected chi connectivity index (χ2v) is 7.63. The van der Waals surface area contributed by atoms with Crippen molar-refractivity contribution in [3.8, 4) is 16.2 Å². The Morgan fingerprint density at radius 1 is 1.05 bits per heavy atom. The van der Waals surface area contributed by atoms with Gasteiger partial charge in [-0.05, 0) is 54.4 Å². The van der Waals surface area contributed by atoms with Crippen molar-refractivity contribution in [3.05, 3.63) is 69.5 Å². The fraction of sp³-hybridized carbons (Fsp3) is 0.0588. The van der Waals surface area contributed by atoms with Gasteiger partial charge in [-0.3, -0.25) is 0 Å². The van der Waals surface area contributed by atoms with Crippen molar-refractivity contribution in [2.45, 2.75) is 6.92 Å². The third-order valence-corrected chi connectivity index (χ3v) is 6.09. The van der Waals surface area contributed by atoms with Crippen molar-refractivity contribution < 1.29 is 9.53 Å². The van der Waals surface area contributed by atoms with Crippen LogP contribution in [0.5, 0.6) is 5.75 Å². The van der Waals surface area contributed by atoms with Gasteiger partial charge in [0.1, 0.15) is 9.57 Å². The van der Waals surface area contributed by atoms with Crippen LogP contribution in [0.15, 0.2) is 54.6 Å². The number of benzene rings is 2. The van der Waals surface area contributed by atoms with Gasteiger partial charge in [0, 0.05) is 4.88 Å². The van der Waals surface area contributed by atoms with E-state index in [-0.39, 0.29) is 5.97 Å². The molecule has 2 aromatic carbocycles. The van der Waals surface area contributed by atoms with Crippen LogP contribution in [-0.4, -0.2) is 5.97 Å². The maximum absolute atomic E-state index is 12.2. The zero-order valence-corrected chi connectivity index (χ0v) is 14.2. The first-order chi connectivity index (χ1) is 10.6. The molecule has 0 amide bonds. The standard InChI is InChI=1S/C17H12O2S3/c1-11-4-2-3-5-14(11)17(18)19-13-8-6-12(7-9-13)15-10-16(20)22-21-15/h2-10H,1H3. The van der Waals surface area contributed by atoms with Crippen molar-refractivity contribution in [2.24, 2.45) is 0 Å². The van der Waals surface area contributed by atoms with Crippen LogP contribution in [0.3, 0.4) is 0 Å². The molecule has 3 rings (SSSR count). The summed E-state index contributed by atoms with van der Waals surface area (Å²) in [5, 5.41) is 0. The van der Waals surface area contributed by atoms with E-state index in [1.54, 1.807) is 38.9 Å². The van der Waals surface area contributed by atoms with Crippen molar-refractivity contribution in [1.82, 2.24) is 0 Å². The maximum Gasteiger partial charge on any atom is 0.343 e. The van der Waals surface area contributed by atoms with E-state index in [4.69, 9.17) is 17.0 Å². The van der Waals surface area contributed by atoms with Gasteiger partial charge in [-0.1, -0.05) is 51.1 Å². The molecule has 1 heterocycles. The lowest BCUT2D eigenvalue weighted by Crippen LogP contribution is -2.09. The molecular formula is C17H12O2S3. The molecule has 0 aliphatic carbocycles. The lowest BCUT2D eigenvalue weighted by Gasteiger charge is -2.07. The number of hydrogen-bond acceptors (Lipinski definition) is 5. The first-order valence-electron chi connectivity index (χ1n) is 6.62. The fourth-order valence-corrected chi connectivity index (χ4v) is 4.43. The highest BCUT2D eigenvalue weighted by molar-refractivity contribution is 7.80. The Kier molecular flexibility index (Phi) is 4.47. The SMILES string of the molecule is Cc1ccccc1C(=O)Oc1ccc(-c2cc(=S)ss2)cc1. The second kappa shape index (κ2) is 6.52. The Balaban J connectivity index is 1.78. The fourth-order valence-electron chi connectivity index (χ4n) is 2.02. The normalized spacial score (nSPS) is 10.4. The van der Waals surface area contributed by atoms with Gasteiger partial charge in [0.05, 0.1) is 5.56 Å². The minimum absolute atomic E-state index is 0.336. The molecule has 0 fully saturated rings. The van der Waals surface area contributed by atoms with Crippen molar-refractivity contribution in [2.75, 3.05) is 0 Å². The van der Waals surface area contributed by atoms with Gasteiger partial charge in [0.25, 0.3) is 0 Å². The molecule has 0 aliphatic rings. The number of esters is 1. The third-order valence-electron chi connectivity index (χ3n) is 3.18. The van der Waals surface area contributed by atoms with Crippen LogP contribution in [-0.2, 0) is 0 Å². The molecule has 0 spiro atoms. The van der Waals surface area contributed by atoms with Crippen LogP contribution in [0, 0.1) is 10.7 Å². The van der Waals surface area contributed by atoms with E-state index in [9.17, 15) is 4.79 Å². The molecule has 3 aromatic rings. The molecule has 5 heteroatoms. The molecule has 0 unspecified atom stereocenters. The first kappa shape index (κ1) is 15.1. The summed E-state index contributed by atoms with van der Waals surface area (Å²) >= 11 is 5.14. The van der Waals surface area contributed by atoms with Gasteiger partial charge in [0.2, 0.25) is 0 Å². The van der Waals surface area contributed by atoms with Gasteiger partial charge in [-0.25, -0.2) is 4.79 Å². The molecule has 1 aromatic heterocycles. The number of aryl methyl sites for hydroxylation is 1. The van der Waals surface area contributed by atoms with Crippen LogP contribution < -0.4 is 4.74 Å². The van der Waals surface area contributed by atoms with Gasteiger partial charge in [0.15, 0.2) is 0 Å². The number of carbonyl (C=O) groups is 1. The van der Waals surface area contributed by atoms with Gasteiger partial charge >= 0.3 is 5.97 Å². The lowest BCUT2D eigenvalue weighted by molar-refractivity contribution is 0.0734. The zero-order valence-electron chi connectivity index (χ0n) is 11.7. The maximum atomic E-state index is 12.2. The highest BCUT2D eigenvalue weighted by Crippen LogP contribution is 2.30. The number of ether oxygens (including phenoxy) is 1. The molecule has 0 N–H and O–H groups in total. The van der Waals surface area contributed by atoms with E-state index in [1.165, 1.54) is 0 Å². The summed E-state index contributed by atoms with van der Waals surface area (Å²) in [7, 11) is 3.24. The van der Waals surface area contributed by atoms with E-state index in [0.717, 1.165) is 19.8 Å². The summed E-state index contributed by atoms with van der Waals surface area (Å²) in [6, 6.07) is 16.9. The van der Waals surface area contributed by atoms with Gasteiger partial charge in [-0.2, -0.15) is 0 Å². The van der Waals surface area contributed by atoms with Crippen LogP contribution in [0.4, 0.5) is 0 Å². The average Bonchev–Trinajstić information content (AvgIpc) is 2.95. The van der Waals surface area contributed by atoms with Crippen LogP contribution in [0.1, 0.15) is 15.9 Å². The molecule has 22 heavy (non-hydrogen) atoms. The Morgan fingerprint density at radius 3 is 2.41 bits per heavy atom.